The van der Waals surface area contributed by atoms with Crippen molar-refractivity contribution in [2.45, 2.75) is 6.92 Å². The number of aromatic amines is 1. The van der Waals surface area contributed by atoms with Gasteiger partial charge in [0.2, 0.25) is 0 Å². The summed E-state index contributed by atoms with van der Waals surface area (Å²) in [6.45, 7) is 1.99. The minimum absolute atomic E-state index is 0.0819. The number of fused-ring (bicyclic) bond motifs is 1. The first-order valence-corrected chi connectivity index (χ1v) is 6.97. The molecule has 1 aromatic heterocycles. The molecule has 1 amide bonds. The molecular weight excluding hydrogens is 260 g/mol. The van der Waals surface area contributed by atoms with Gasteiger partial charge >= 0.3 is 0 Å². The van der Waals surface area contributed by atoms with Gasteiger partial charge in [0.25, 0.3) is 5.91 Å². The number of carbonyl (C=O) groups is 1. The number of hydrogen-bond acceptors (Lipinski definition) is 4. The van der Waals surface area contributed by atoms with E-state index < -0.39 is 0 Å². The van der Waals surface area contributed by atoms with Crippen molar-refractivity contribution in [1.29, 1.82) is 0 Å². The van der Waals surface area contributed by atoms with Crippen molar-refractivity contribution in [3.05, 3.63) is 27.7 Å². The second-order valence-corrected chi connectivity index (χ2v) is 5.85. The lowest BCUT2D eigenvalue weighted by molar-refractivity contribution is 0.0986. The smallest absolute Gasteiger partial charge is 0.263 e. The highest BCUT2D eigenvalue weighted by molar-refractivity contribution is 7.97. The van der Waals surface area contributed by atoms with Crippen molar-refractivity contribution in [3.63, 3.8) is 0 Å². The van der Waals surface area contributed by atoms with Crippen molar-refractivity contribution in [1.82, 2.24) is 9.71 Å². The molecule has 0 aliphatic rings. The Morgan fingerprint density at radius 3 is 3.19 bits per heavy atom. The predicted molar refractivity (Wildman–Crippen MR) is 72.6 cm³/mol. The molecule has 3 nitrogen and oxygen atoms in total. The number of nitrogens with one attached hydrogen (secondary N) is 2. The second-order valence-electron chi connectivity index (χ2n) is 3.06. The lowest BCUT2D eigenvalue weighted by atomic mass is 10.2. The van der Waals surface area contributed by atoms with Crippen LogP contribution >= 0.6 is 35.5 Å². The summed E-state index contributed by atoms with van der Waals surface area (Å²) in [5.41, 5.74) is 1.47. The van der Waals surface area contributed by atoms with Gasteiger partial charge < -0.3 is 4.98 Å². The second kappa shape index (κ2) is 4.99. The number of para-hydroxylation sites is 1. The number of hydrogen-bond donors (Lipinski definition) is 2. The van der Waals surface area contributed by atoms with Crippen LogP contribution in [0, 0.1) is 3.95 Å². The third kappa shape index (κ3) is 2.28. The fourth-order valence-corrected chi connectivity index (χ4v) is 2.87. The Bertz CT molecular complexity index is 573. The number of carbonyl (C=O) groups excluding carboxylic acids is 1. The van der Waals surface area contributed by atoms with E-state index in [2.05, 4.69) is 9.71 Å². The van der Waals surface area contributed by atoms with Crippen LogP contribution in [-0.4, -0.2) is 16.6 Å². The molecule has 0 saturated carbocycles. The number of aromatic nitrogens is 1. The maximum Gasteiger partial charge on any atom is 0.263 e. The number of benzene rings is 1. The highest BCUT2D eigenvalue weighted by Crippen LogP contribution is 2.22. The SMILES string of the molecule is CCSNC(=O)c1cccc2sc(=S)[nH]c12. The van der Waals surface area contributed by atoms with E-state index in [1.807, 2.05) is 19.1 Å². The molecule has 1 aromatic carbocycles. The third-order valence-corrected chi connectivity index (χ3v) is 3.83. The first kappa shape index (κ1) is 11.6. The van der Waals surface area contributed by atoms with Crippen LogP contribution in [0.5, 0.6) is 0 Å². The number of rotatable bonds is 3. The molecule has 2 rings (SSSR count). The van der Waals surface area contributed by atoms with E-state index in [4.69, 9.17) is 12.2 Å². The summed E-state index contributed by atoms with van der Waals surface area (Å²) >= 11 is 7.94. The van der Waals surface area contributed by atoms with Crippen molar-refractivity contribution in [3.8, 4) is 0 Å². The van der Waals surface area contributed by atoms with Gasteiger partial charge in [-0.15, -0.1) is 11.3 Å². The van der Waals surface area contributed by atoms with E-state index in [1.165, 1.54) is 23.3 Å². The predicted octanol–water partition coefficient (Wildman–Crippen LogP) is 3.36. The first-order chi connectivity index (χ1) is 7.72. The Morgan fingerprint density at radius 2 is 2.44 bits per heavy atom. The van der Waals surface area contributed by atoms with Gasteiger partial charge in [0.15, 0.2) is 3.95 Å². The summed E-state index contributed by atoms with van der Waals surface area (Å²) in [7, 11) is 0. The van der Waals surface area contributed by atoms with Crippen molar-refractivity contribution in [2.75, 3.05) is 5.75 Å². The summed E-state index contributed by atoms with van der Waals surface area (Å²) < 4.78 is 4.48. The lowest BCUT2D eigenvalue weighted by Gasteiger charge is -2.03. The van der Waals surface area contributed by atoms with Gasteiger partial charge in [0.1, 0.15) is 0 Å². The maximum absolute atomic E-state index is 11.8. The van der Waals surface area contributed by atoms with Gasteiger partial charge in [-0.25, -0.2) is 0 Å². The van der Waals surface area contributed by atoms with E-state index >= 15 is 0 Å². The molecular formula is C10H10N2OS3. The number of H-pyrrole nitrogens is 1. The average Bonchev–Trinajstić information content (AvgIpc) is 2.65. The molecule has 0 atom stereocenters. The molecule has 0 unspecified atom stereocenters. The van der Waals surface area contributed by atoms with Gasteiger partial charge in [-0.1, -0.05) is 24.9 Å². The Morgan fingerprint density at radius 1 is 1.62 bits per heavy atom. The van der Waals surface area contributed by atoms with E-state index in [9.17, 15) is 4.79 Å². The van der Waals surface area contributed by atoms with E-state index in [1.54, 1.807) is 6.07 Å². The van der Waals surface area contributed by atoms with Crippen LogP contribution in [0.1, 0.15) is 17.3 Å². The summed E-state index contributed by atoms with van der Waals surface area (Å²) in [4.78, 5) is 14.9. The molecule has 0 bridgehead atoms. The van der Waals surface area contributed by atoms with Crippen LogP contribution in [0.15, 0.2) is 18.2 Å². The zero-order valence-corrected chi connectivity index (χ0v) is 11.0. The van der Waals surface area contributed by atoms with Gasteiger partial charge in [0, 0.05) is 5.75 Å². The zero-order chi connectivity index (χ0) is 11.5. The van der Waals surface area contributed by atoms with Gasteiger partial charge in [0.05, 0.1) is 15.8 Å². The van der Waals surface area contributed by atoms with Gasteiger partial charge in [-0.2, -0.15) is 0 Å². The fourth-order valence-electron chi connectivity index (χ4n) is 1.35. The van der Waals surface area contributed by atoms with E-state index in [0.29, 0.717) is 9.52 Å². The molecule has 1 heterocycles. The molecule has 0 radical (unpaired) electrons. The van der Waals surface area contributed by atoms with Crippen molar-refractivity contribution in [2.24, 2.45) is 0 Å². The third-order valence-electron chi connectivity index (χ3n) is 2.01. The molecule has 6 heteroatoms. The molecule has 0 aliphatic carbocycles. The van der Waals surface area contributed by atoms with Crippen LogP contribution in [0.25, 0.3) is 10.2 Å². The molecule has 84 valence electrons. The summed E-state index contributed by atoms with van der Waals surface area (Å²) in [5.74, 6) is 0.767. The molecule has 16 heavy (non-hydrogen) atoms. The van der Waals surface area contributed by atoms with Crippen LogP contribution in [0.2, 0.25) is 0 Å². The summed E-state index contributed by atoms with van der Waals surface area (Å²) in [5, 5.41) is 0. The molecule has 2 N–H and O–H groups in total. The summed E-state index contributed by atoms with van der Waals surface area (Å²) in [6.07, 6.45) is 0. The average molecular weight is 270 g/mol. The molecule has 0 saturated heterocycles. The Hall–Kier alpha value is -0.850. The monoisotopic (exact) mass is 270 g/mol. The minimum Gasteiger partial charge on any atom is -0.336 e. The Labute approximate surface area is 106 Å². The quantitative estimate of drug-likeness (QED) is 0.664. The standard InChI is InChI=1S/C10H10N2OS3/c1-2-15-12-9(13)6-4-3-5-7-8(6)11-10(14)16-7/h3-5H,2H2,1H3,(H,11,14)(H,12,13). The minimum atomic E-state index is -0.0819. The van der Waals surface area contributed by atoms with E-state index in [-0.39, 0.29) is 5.91 Å². The molecule has 2 aromatic rings. The fraction of sp³-hybridized carbons (Fsp3) is 0.200. The van der Waals surface area contributed by atoms with Gasteiger partial charge in [-0.3, -0.25) is 9.52 Å². The van der Waals surface area contributed by atoms with Crippen molar-refractivity contribution >= 4 is 51.6 Å². The van der Waals surface area contributed by atoms with E-state index in [0.717, 1.165) is 16.0 Å². The lowest BCUT2D eigenvalue weighted by Crippen LogP contribution is -2.16. The molecule has 0 spiro atoms. The van der Waals surface area contributed by atoms with Crippen molar-refractivity contribution < 1.29 is 4.79 Å². The first-order valence-electron chi connectivity index (χ1n) is 4.76. The largest absolute Gasteiger partial charge is 0.336 e. The Balaban J connectivity index is 2.43. The number of amides is 1. The zero-order valence-electron chi connectivity index (χ0n) is 8.57. The van der Waals surface area contributed by atoms with Gasteiger partial charge in [-0.05, 0) is 24.4 Å². The topological polar surface area (TPSA) is 44.9 Å². The maximum atomic E-state index is 11.8. The van der Waals surface area contributed by atoms with Crippen LogP contribution in [0.4, 0.5) is 0 Å². The van der Waals surface area contributed by atoms with Crippen LogP contribution in [-0.2, 0) is 0 Å². The number of thiazole rings is 1. The molecule has 0 fully saturated rings. The normalized spacial score (nSPS) is 10.6. The highest BCUT2D eigenvalue weighted by Gasteiger charge is 2.10. The summed E-state index contributed by atoms with van der Waals surface area (Å²) in [6, 6.07) is 5.62. The van der Waals surface area contributed by atoms with Crippen LogP contribution in [0.3, 0.4) is 0 Å². The Kier molecular flexibility index (Phi) is 3.63. The molecule has 0 aliphatic heterocycles. The highest BCUT2D eigenvalue weighted by atomic mass is 32.2. The van der Waals surface area contributed by atoms with Crippen LogP contribution < -0.4 is 4.72 Å².